The number of sulfone groups is 1. The third-order valence-electron chi connectivity index (χ3n) is 3.26. The van der Waals surface area contributed by atoms with Crippen molar-refractivity contribution in [3.8, 4) is 0 Å². The highest BCUT2D eigenvalue weighted by atomic mass is 35.5. The summed E-state index contributed by atoms with van der Waals surface area (Å²) >= 11 is 12.0. The summed E-state index contributed by atoms with van der Waals surface area (Å²) in [5, 5.41) is -0.566. The molecule has 0 amide bonds. The molecule has 1 aliphatic heterocycles. The number of aryl methyl sites for hydroxylation is 1. The van der Waals surface area contributed by atoms with E-state index in [0.29, 0.717) is 5.56 Å². The summed E-state index contributed by atoms with van der Waals surface area (Å²) in [5.74, 6) is 0. The summed E-state index contributed by atoms with van der Waals surface area (Å²) in [7, 11) is -7.12. The minimum Gasteiger partial charge on any atom is -0.229 e. The van der Waals surface area contributed by atoms with E-state index in [1.807, 2.05) is 0 Å². The maximum atomic E-state index is 12.4. The lowest BCUT2D eigenvalue weighted by Gasteiger charge is -2.37. The predicted octanol–water partition coefficient (Wildman–Crippen LogP) is 1.72. The molecule has 1 aromatic rings. The Morgan fingerprint density at radius 3 is 2.20 bits per heavy atom. The molecule has 1 heterocycles. The molecule has 0 spiro atoms. The molecule has 0 N–H and O–H groups in total. The van der Waals surface area contributed by atoms with Crippen molar-refractivity contribution < 1.29 is 16.8 Å². The Labute approximate surface area is 128 Å². The summed E-state index contributed by atoms with van der Waals surface area (Å²) in [6, 6.07) is 3.09. The van der Waals surface area contributed by atoms with Crippen LogP contribution in [0.5, 0.6) is 0 Å². The predicted molar refractivity (Wildman–Crippen MR) is 78.6 cm³/mol. The van der Waals surface area contributed by atoms with Gasteiger partial charge in [0.05, 0.1) is 15.3 Å². The molecule has 112 valence electrons. The molecule has 20 heavy (non-hydrogen) atoms. The largest absolute Gasteiger partial charge is 0.246 e. The molecule has 0 bridgehead atoms. The normalized spacial score (nSPS) is 18.0. The molecule has 1 saturated heterocycles. The van der Waals surface area contributed by atoms with Crippen molar-refractivity contribution in [1.29, 1.82) is 0 Å². The van der Waals surface area contributed by atoms with Gasteiger partial charge in [-0.25, -0.2) is 16.8 Å². The number of nitrogens with zero attached hydrogens (tertiary/aromatic N) is 1. The van der Waals surface area contributed by atoms with E-state index in [1.54, 1.807) is 13.0 Å². The van der Waals surface area contributed by atoms with E-state index in [1.165, 1.54) is 6.07 Å². The van der Waals surface area contributed by atoms with E-state index >= 15 is 0 Å². The van der Waals surface area contributed by atoms with E-state index in [9.17, 15) is 16.8 Å². The zero-order chi connectivity index (χ0) is 15.3. The fourth-order valence-corrected chi connectivity index (χ4v) is 5.62. The number of hydrogen-bond donors (Lipinski definition) is 0. The molecule has 5 nitrogen and oxygen atoms in total. The van der Waals surface area contributed by atoms with Gasteiger partial charge in [0.25, 0.3) is 0 Å². The van der Waals surface area contributed by atoms with Gasteiger partial charge < -0.3 is 0 Å². The Hall–Kier alpha value is -0.340. The van der Waals surface area contributed by atoms with E-state index < -0.39 is 25.1 Å². The van der Waals surface area contributed by atoms with E-state index in [-0.39, 0.29) is 28.0 Å². The average molecular weight is 358 g/mol. The van der Waals surface area contributed by atoms with Crippen LogP contribution in [0.4, 0.5) is 0 Å². The van der Waals surface area contributed by atoms with Crippen molar-refractivity contribution in [3.05, 3.63) is 27.7 Å². The summed E-state index contributed by atoms with van der Waals surface area (Å²) in [5.41, 5.74) is 0.592. The van der Waals surface area contributed by atoms with Gasteiger partial charge >= 0.3 is 0 Å². The van der Waals surface area contributed by atoms with Crippen molar-refractivity contribution in [1.82, 2.24) is 4.31 Å². The second-order valence-electron chi connectivity index (χ2n) is 4.78. The molecular weight excluding hydrogens is 345 g/mol. The van der Waals surface area contributed by atoms with Gasteiger partial charge in [0.2, 0.25) is 10.0 Å². The second-order valence-corrected chi connectivity index (χ2v) is 9.77. The summed E-state index contributed by atoms with van der Waals surface area (Å²) in [6.45, 7) is 1.54. The van der Waals surface area contributed by atoms with Crippen LogP contribution in [-0.2, 0) is 19.9 Å². The van der Waals surface area contributed by atoms with Crippen LogP contribution in [0.1, 0.15) is 5.56 Å². The minimum absolute atomic E-state index is 0.0309. The first-order chi connectivity index (χ1) is 9.05. The molecular formula is C11H13Cl2NO4S2. The number of halogens is 2. The summed E-state index contributed by atoms with van der Waals surface area (Å²) < 4.78 is 48.6. The van der Waals surface area contributed by atoms with Crippen molar-refractivity contribution >= 4 is 43.1 Å². The molecule has 0 radical (unpaired) electrons. The Bertz CT molecular complexity index is 753. The van der Waals surface area contributed by atoms with Crippen LogP contribution < -0.4 is 0 Å². The highest BCUT2D eigenvalue weighted by Crippen LogP contribution is 2.36. The minimum atomic E-state index is -3.87. The molecule has 0 aliphatic carbocycles. The van der Waals surface area contributed by atoms with Crippen LogP contribution in [0.3, 0.4) is 0 Å². The zero-order valence-electron chi connectivity index (χ0n) is 10.8. The number of benzene rings is 1. The Kier molecular flexibility index (Phi) is 4.12. The Morgan fingerprint density at radius 1 is 1.15 bits per heavy atom. The SMILES string of the molecule is Cc1ccc(Cl)c(S(=O)(=O)N2CC(S(C)(=O)=O)C2)c1Cl. The van der Waals surface area contributed by atoms with Crippen LogP contribution in [0, 0.1) is 6.92 Å². The number of rotatable bonds is 3. The van der Waals surface area contributed by atoms with Crippen molar-refractivity contribution in [2.75, 3.05) is 19.3 Å². The standard InChI is InChI=1S/C11H13Cl2NO4S2/c1-7-3-4-9(12)11(10(7)13)20(17,18)14-5-8(6-14)19(2,15)16/h3-4,8H,5-6H2,1-2H3. The molecule has 2 rings (SSSR count). The lowest BCUT2D eigenvalue weighted by molar-refractivity contribution is 0.310. The lowest BCUT2D eigenvalue weighted by Crippen LogP contribution is -2.56. The van der Waals surface area contributed by atoms with E-state index in [0.717, 1.165) is 10.6 Å². The van der Waals surface area contributed by atoms with E-state index in [2.05, 4.69) is 0 Å². The third kappa shape index (κ3) is 2.69. The second kappa shape index (κ2) is 5.14. The number of sulfonamides is 1. The maximum Gasteiger partial charge on any atom is 0.246 e. The molecule has 0 saturated carbocycles. The fraction of sp³-hybridized carbons (Fsp3) is 0.455. The van der Waals surface area contributed by atoms with Gasteiger partial charge in [0.1, 0.15) is 4.90 Å². The highest BCUT2D eigenvalue weighted by Gasteiger charge is 2.43. The van der Waals surface area contributed by atoms with Crippen LogP contribution in [0.2, 0.25) is 10.0 Å². The van der Waals surface area contributed by atoms with Gasteiger partial charge in [-0.3, -0.25) is 0 Å². The zero-order valence-corrected chi connectivity index (χ0v) is 13.9. The average Bonchev–Trinajstić information content (AvgIpc) is 2.18. The molecule has 1 aromatic carbocycles. The maximum absolute atomic E-state index is 12.4. The molecule has 1 aliphatic rings. The lowest BCUT2D eigenvalue weighted by atomic mass is 10.2. The first kappa shape index (κ1) is 16.0. The van der Waals surface area contributed by atoms with Crippen molar-refractivity contribution in [2.24, 2.45) is 0 Å². The van der Waals surface area contributed by atoms with Crippen LogP contribution in [0.25, 0.3) is 0 Å². The first-order valence-corrected chi connectivity index (χ1v) is 9.84. The van der Waals surface area contributed by atoms with Gasteiger partial charge in [0.15, 0.2) is 9.84 Å². The number of hydrogen-bond acceptors (Lipinski definition) is 4. The highest BCUT2D eigenvalue weighted by molar-refractivity contribution is 7.92. The van der Waals surface area contributed by atoms with Gasteiger partial charge in [-0.2, -0.15) is 4.31 Å². The quantitative estimate of drug-likeness (QED) is 0.825. The first-order valence-electron chi connectivity index (χ1n) is 5.68. The molecule has 0 unspecified atom stereocenters. The van der Waals surface area contributed by atoms with Crippen molar-refractivity contribution in [2.45, 2.75) is 17.1 Å². The molecule has 9 heteroatoms. The monoisotopic (exact) mass is 357 g/mol. The topological polar surface area (TPSA) is 71.5 Å². The molecule has 1 fully saturated rings. The summed E-state index contributed by atoms with van der Waals surface area (Å²) in [6.07, 6.45) is 1.09. The third-order valence-corrected chi connectivity index (χ3v) is 7.71. The van der Waals surface area contributed by atoms with Gasteiger partial charge in [-0.15, -0.1) is 0 Å². The molecule has 0 aromatic heterocycles. The van der Waals surface area contributed by atoms with Gasteiger partial charge in [-0.1, -0.05) is 29.3 Å². The smallest absolute Gasteiger partial charge is 0.229 e. The fourth-order valence-electron chi connectivity index (χ4n) is 1.86. The van der Waals surface area contributed by atoms with Crippen LogP contribution in [-0.4, -0.2) is 45.7 Å². The van der Waals surface area contributed by atoms with Crippen LogP contribution in [0.15, 0.2) is 17.0 Å². The van der Waals surface area contributed by atoms with Crippen molar-refractivity contribution in [3.63, 3.8) is 0 Å². The van der Waals surface area contributed by atoms with Gasteiger partial charge in [-0.05, 0) is 18.6 Å². The van der Waals surface area contributed by atoms with E-state index in [4.69, 9.17) is 23.2 Å². The molecule has 0 atom stereocenters. The van der Waals surface area contributed by atoms with Gasteiger partial charge in [0, 0.05) is 19.3 Å². The Morgan fingerprint density at radius 2 is 1.70 bits per heavy atom. The summed E-state index contributed by atoms with van der Waals surface area (Å²) in [4.78, 5) is -0.159. The van der Waals surface area contributed by atoms with Crippen LogP contribution >= 0.6 is 23.2 Å². The Balaban J connectivity index is 2.38.